The number of nitrogens with one attached hydrogen (secondary N) is 2. The second-order valence-electron chi connectivity index (χ2n) is 6.15. The zero-order valence-corrected chi connectivity index (χ0v) is 16.5. The van der Waals surface area contributed by atoms with Crippen molar-refractivity contribution in [2.45, 2.75) is 19.4 Å². The first-order valence-electron chi connectivity index (χ1n) is 7.77. The molecule has 3 rings (SSSR count). The van der Waals surface area contributed by atoms with Gasteiger partial charge in [-0.25, -0.2) is 4.79 Å². The SMILES string of the molecule is Cc1ccc(C2(C)NC(=O)N(CC(=O)Nc3c(Cl)cc(Cl)cc3Cl)C2=O)o1. The quantitative estimate of drug-likeness (QED) is 0.718. The Labute approximate surface area is 169 Å². The van der Waals surface area contributed by atoms with Gasteiger partial charge in [-0.1, -0.05) is 34.8 Å². The number of halogens is 3. The van der Waals surface area contributed by atoms with Gasteiger partial charge in [-0.3, -0.25) is 14.5 Å². The summed E-state index contributed by atoms with van der Waals surface area (Å²) in [7, 11) is 0. The predicted molar refractivity (Wildman–Crippen MR) is 101 cm³/mol. The minimum absolute atomic E-state index is 0.133. The Morgan fingerprint density at radius 2 is 1.85 bits per heavy atom. The van der Waals surface area contributed by atoms with Crippen LogP contribution in [0.2, 0.25) is 15.1 Å². The number of carbonyl (C=O) groups excluding carboxylic acids is 3. The molecule has 0 radical (unpaired) electrons. The summed E-state index contributed by atoms with van der Waals surface area (Å²) in [6.45, 7) is 2.71. The number of urea groups is 1. The van der Waals surface area contributed by atoms with Crippen LogP contribution < -0.4 is 10.6 Å². The van der Waals surface area contributed by atoms with E-state index in [-0.39, 0.29) is 21.5 Å². The molecular formula is C17H14Cl3N3O4. The second-order valence-corrected chi connectivity index (χ2v) is 7.40. The summed E-state index contributed by atoms with van der Waals surface area (Å²) in [5, 5.41) is 5.61. The zero-order valence-electron chi connectivity index (χ0n) is 14.2. The van der Waals surface area contributed by atoms with Gasteiger partial charge in [0.05, 0.1) is 15.7 Å². The van der Waals surface area contributed by atoms with Gasteiger partial charge in [-0.05, 0) is 38.1 Å². The number of benzene rings is 1. The first-order chi connectivity index (χ1) is 12.6. The minimum Gasteiger partial charge on any atom is -0.463 e. The van der Waals surface area contributed by atoms with Crippen LogP contribution in [0.15, 0.2) is 28.7 Å². The van der Waals surface area contributed by atoms with Crippen molar-refractivity contribution in [2.75, 3.05) is 11.9 Å². The van der Waals surface area contributed by atoms with Crippen LogP contribution in [0.1, 0.15) is 18.4 Å². The Morgan fingerprint density at radius 3 is 2.41 bits per heavy atom. The first kappa shape index (κ1) is 19.5. The summed E-state index contributed by atoms with van der Waals surface area (Å²) in [6, 6.07) is 5.40. The minimum atomic E-state index is -1.39. The van der Waals surface area contributed by atoms with Crippen LogP contribution in [-0.2, 0) is 15.1 Å². The fourth-order valence-electron chi connectivity index (χ4n) is 2.69. The molecule has 1 aliphatic rings. The van der Waals surface area contributed by atoms with Crippen LogP contribution in [0.3, 0.4) is 0 Å². The molecule has 0 spiro atoms. The third kappa shape index (κ3) is 3.63. The van der Waals surface area contributed by atoms with Crippen LogP contribution in [-0.4, -0.2) is 29.3 Å². The normalized spacial score (nSPS) is 19.4. The maximum Gasteiger partial charge on any atom is 0.325 e. The monoisotopic (exact) mass is 429 g/mol. The highest BCUT2D eigenvalue weighted by molar-refractivity contribution is 6.42. The van der Waals surface area contributed by atoms with Gasteiger partial charge in [0.2, 0.25) is 5.91 Å². The van der Waals surface area contributed by atoms with E-state index in [1.54, 1.807) is 19.1 Å². The molecule has 0 aliphatic carbocycles. The molecule has 10 heteroatoms. The average Bonchev–Trinajstić information content (AvgIpc) is 3.09. The van der Waals surface area contributed by atoms with E-state index >= 15 is 0 Å². The highest BCUT2D eigenvalue weighted by atomic mass is 35.5. The van der Waals surface area contributed by atoms with Crippen molar-refractivity contribution >= 4 is 58.3 Å². The molecule has 1 atom stereocenters. The largest absolute Gasteiger partial charge is 0.463 e. The molecule has 7 nitrogen and oxygen atoms in total. The van der Waals surface area contributed by atoms with Gasteiger partial charge >= 0.3 is 6.03 Å². The maximum atomic E-state index is 12.7. The van der Waals surface area contributed by atoms with Crippen molar-refractivity contribution in [1.29, 1.82) is 0 Å². The number of carbonyl (C=O) groups is 3. The molecule has 1 saturated heterocycles. The second kappa shape index (κ2) is 7.07. The summed E-state index contributed by atoms with van der Waals surface area (Å²) < 4.78 is 5.47. The number of aryl methyl sites for hydroxylation is 1. The molecule has 27 heavy (non-hydrogen) atoms. The zero-order chi connectivity index (χ0) is 19.9. The highest BCUT2D eigenvalue weighted by Gasteiger charge is 2.51. The van der Waals surface area contributed by atoms with E-state index in [0.29, 0.717) is 10.8 Å². The summed E-state index contributed by atoms with van der Waals surface area (Å²) >= 11 is 17.9. The number of hydrogen-bond acceptors (Lipinski definition) is 4. The van der Waals surface area contributed by atoms with E-state index < -0.39 is 29.9 Å². The molecule has 142 valence electrons. The van der Waals surface area contributed by atoms with Gasteiger partial charge in [0.1, 0.15) is 18.1 Å². The fourth-order valence-corrected chi connectivity index (χ4v) is 3.61. The van der Waals surface area contributed by atoms with E-state index in [0.717, 1.165) is 4.90 Å². The van der Waals surface area contributed by atoms with Crippen molar-refractivity contribution in [3.05, 3.63) is 50.9 Å². The Kier molecular flexibility index (Phi) is 5.12. The summed E-state index contributed by atoms with van der Waals surface area (Å²) in [5.74, 6) is -0.378. The first-order valence-corrected chi connectivity index (χ1v) is 8.90. The molecule has 1 aliphatic heterocycles. The maximum absolute atomic E-state index is 12.7. The fraction of sp³-hybridized carbons (Fsp3) is 0.235. The van der Waals surface area contributed by atoms with Crippen LogP contribution in [0, 0.1) is 6.92 Å². The molecule has 0 saturated carbocycles. The van der Waals surface area contributed by atoms with E-state index in [2.05, 4.69) is 10.6 Å². The lowest BCUT2D eigenvalue weighted by atomic mass is 9.99. The molecule has 1 aromatic heterocycles. The predicted octanol–water partition coefficient (Wildman–Crippen LogP) is 3.95. The van der Waals surface area contributed by atoms with Gasteiger partial charge in [0.15, 0.2) is 5.54 Å². The smallest absolute Gasteiger partial charge is 0.325 e. The van der Waals surface area contributed by atoms with Gasteiger partial charge in [0, 0.05) is 5.02 Å². The van der Waals surface area contributed by atoms with Crippen molar-refractivity contribution < 1.29 is 18.8 Å². The van der Waals surface area contributed by atoms with Gasteiger partial charge in [-0.2, -0.15) is 0 Å². The standard InChI is InChI=1S/C17H14Cl3N3O4/c1-8-3-4-12(27-8)17(2)15(25)23(16(26)22-17)7-13(24)21-14-10(19)5-9(18)6-11(14)20/h3-6H,7H2,1-2H3,(H,21,24)(H,22,26). The number of amides is 4. The van der Waals surface area contributed by atoms with Crippen LogP contribution in [0.5, 0.6) is 0 Å². The van der Waals surface area contributed by atoms with Crippen LogP contribution in [0.25, 0.3) is 0 Å². The number of hydrogen-bond donors (Lipinski definition) is 2. The van der Waals surface area contributed by atoms with Crippen molar-refractivity contribution in [2.24, 2.45) is 0 Å². The van der Waals surface area contributed by atoms with Crippen LogP contribution >= 0.6 is 34.8 Å². The number of anilines is 1. The third-order valence-corrected chi connectivity index (χ3v) is 4.90. The molecular weight excluding hydrogens is 417 g/mol. The molecule has 2 aromatic rings. The summed E-state index contributed by atoms with van der Waals surface area (Å²) in [4.78, 5) is 38.1. The molecule has 2 N–H and O–H groups in total. The Balaban J connectivity index is 1.77. The molecule has 4 amide bonds. The molecule has 1 unspecified atom stereocenters. The summed E-state index contributed by atoms with van der Waals surface area (Å²) in [6.07, 6.45) is 0. The van der Waals surface area contributed by atoms with E-state index in [9.17, 15) is 14.4 Å². The van der Waals surface area contributed by atoms with E-state index in [1.807, 2.05) is 0 Å². The van der Waals surface area contributed by atoms with Crippen LogP contribution in [0.4, 0.5) is 10.5 Å². The van der Waals surface area contributed by atoms with Gasteiger partial charge in [0.25, 0.3) is 5.91 Å². The lowest BCUT2D eigenvalue weighted by molar-refractivity contribution is -0.134. The van der Waals surface area contributed by atoms with Crippen molar-refractivity contribution in [3.63, 3.8) is 0 Å². The summed E-state index contributed by atoms with van der Waals surface area (Å²) in [5.41, 5.74) is -1.24. The molecule has 1 aromatic carbocycles. The Bertz CT molecular complexity index is 936. The average molecular weight is 431 g/mol. The van der Waals surface area contributed by atoms with Crippen molar-refractivity contribution in [3.8, 4) is 0 Å². The number of furan rings is 1. The van der Waals surface area contributed by atoms with Gasteiger partial charge < -0.3 is 15.1 Å². The van der Waals surface area contributed by atoms with Gasteiger partial charge in [-0.15, -0.1) is 0 Å². The van der Waals surface area contributed by atoms with Crippen molar-refractivity contribution in [1.82, 2.24) is 10.2 Å². The topological polar surface area (TPSA) is 91.7 Å². The van der Waals surface area contributed by atoms with E-state index in [4.69, 9.17) is 39.2 Å². The number of nitrogens with zero attached hydrogens (tertiary/aromatic N) is 1. The Morgan fingerprint density at radius 1 is 1.22 bits per heavy atom. The molecule has 0 bridgehead atoms. The third-order valence-electron chi connectivity index (χ3n) is 4.08. The molecule has 2 heterocycles. The number of imide groups is 1. The Hall–Kier alpha value is -2.22. The highest BCUT2D eigenvalue weighted by Crippen LogP contribution is 2.34. The lowest BCUT2D eigenvalue weighted by Crippen LogP contribution is -2.41. The lowest BCUT2D eigenvalue weighted by Gasteiger charge is -2.19. The molecule has 1 fully saturated rings. The van der Waals surface area contributed by atoms with E-state index in [1.165, 1.54) is 19.1 Å². The number of rotatable bonds is 4.